The summed E-state index contributed by atoms with van der Waals surface area (Å²) in [4.78, 5) is 31.9. The molecule has 1 saturated carbocycles. The fourth-order valence-corrected chi connectivity index (χ4v) is 4.42. The van der Waals surface area contributed by atoms with E-state index in [1.54, 1.807) is 0 Å². The molecule has 0 radical (unpaired) electrons. The molecule has 6 nitrogen and oxygen atoms in total. The van der Waals surface area contributed by atoms with E-state index in [-0.39, 0.29) is 17.7 Å². The van der Waals surface area contributed by atoms with Gasteiger partial charge < -0.3 is 16.0 Å². The number of nitrogens with zero attached hydrogens (tertiary/aromatic N) is 2. The summed E-state index contributed by atoms with van der Waals surface area (Å²) in [7, 11) is 0. The fourth-order valence-electron chi connectivity index (χ4n) is 4.42. The van der Waals surface area contributed by atoms with E-state index >= 15 is 0 Å². The van der Waals surface area contributed by atoms with Gasteiger partial charge in [-0.05, 0) is 49.9 Å². The molecule has 2 aromatic carbocycles. The van der Waals surface area contributed by atoms with Crippen molar-refractivity contribution in [3.63, 3.8) is 0 Å². The Labute approximate surface area is 181 Å². The zero-order valence-corrected chi connectivity index (χ0v) is 17.4. The molecule has 2 aliphatic rings. The van der Waals surface area contributed by atoms with Crippen LogP contribution < -0.4 is 16.0 Å². The molecule has 3 aromatic rings. The van der Waals surface area contributed by atoms with Gasteiger partial charge in [-0.1, -0.05) is 30.3 Å². The number of hydrogen-bond acceptors (Lipinski definition) is 4. The highest BCUT2D eigenvalue weighted by Gasteiger charge is 2.28. The molecular formula is C25H26N4O2. The Morgan fingerprint density at radius 2 is 1.68 bits per heavy atom. The second-order valence-electron chi connectivity index (χ2n) is 8.52. The predicted molar refractivity (Wildman–Crippen MR) is 122 cm³/mol. The van der Waals surface area contributed by atoms with E-state index < -0.39 is 0 Å². The van der Waals surface area contributed by atoms with Gasteiger partial charge in [0.1, 0.15) is 0 Å². The highest BCUT2D eigenvalue weighted by atomic mass is 16.2. The summed E-state index contributed by atoms with van der Waals surface area (Å²) >= 11 is 0. The average Bonchev–Trinajstić information content (AvgIpc) is 3.64. The number of piperidine rings is 1. The molecule has 1 saturated heterocycles. The summed E-state index contributed by atoms with van der Waals surface area (Å²) in [5, 5.41) is 4.00. The van der Waals surface area contributed by atoms with Crippen molar-refractivity contribution in [2.75, 3.05) is 23.3 Å². The monoisotopic (exact) mass is 414 g/mol. The number of pyridine rings is 1. The van der Waals surface area contributed by atoms with Gasteiger partial charge in [-0.25, -0.2) is 0 Å². The largest absolute Gasteiger partial charge is 0.370 e. The average molecular weight is 415 g/mol. The van der Waals surface area contributed by atoms with Gasteiger partial charge in [-0.2, -0.15) is 0 Å². The van der Waals surface area contributed by atoms with Crippen LogP contribution in [0.5, 0.6) is 0 Å². The van der Waals surface area contributed by atoms with E-state index in [9.17, 15) is 9.59 Å². The lowest BCUT2D eigenvalue weighted by atomic mass is 9.96. The Morgan fingerprint density at radius 1 is 0.968 bits per heavy atom. The molecule has 2 heterocycles. The van der Waals surface area contributed by atoms with E-state index in [4.69, 9.17) is 10.7 Å². The number of para-hydroxylation sites is 3. The zero-order chi connectivity index (χ0) is 21.4. The number of nitrogens with one attached hydrogen (secondary N) is 1. The van der Waals surface area contributed by atoms with E-state index in [0.29, 0.717) is 11.5 Å². The first kappa shape index (κ1) is 19.5. The van der Waals surface area contributed by atoms with Crippen molar-refractivity contribution < 1.29 is 9.59 Å². The molecule has 1 aliphatic heterocycles. The molecule has 2 amide bonds. The summed E-state index contributed by atoms with van der Waals surface area (Å²) in [6, 6.07) is 17.6. The van der Waals surface area contributed by atoms with Gasteiger partial charge >= 0.3 is 0 Å². The van der Waals surface area contributed by atoms with E-state index in [1.165, 1.54) is 0 Å². The number of fused-ring (bicyclic) bond motifs is 1. The maximum Gasteiger partial charge on any atom is 0.256 e. The van der Waals surface area contributed by atoms with Gasteiger partial charge in [0.2, 0.25) is 5.91 Å². The van der Waals surface area contributed by atoms with Crippen molar-refractivity contribution >= 4 is 34.1 Å². The molecular weight excluding hydrogens is 388 g/mol. The highest BCUT2D eigenvalue weighted by Crippen LogP contribution is 2.40. The van der Waals surface area contributed by atoms with Gasteiger partial charge in [0.05, 0.1) is 22.5 Å². The third-order valence-corrected chi connectivity index (χ3v) is 6.37. The number of rotatable bonds is 5. The number of hydrogen-bond donors (Lipinski definition) is 2. The molecule has 0 spiro atoms. The number of aromatic nitrogens is 1. The molecule has 158 valence electrons. The topological polar surface area (TPSA) is 88.3 Å². The van der Waals surface area contributed by atoms with Crippen LogP contribution in [0.1, 0.15) is 47.7 Å². The Bertz CT molecular complexity index is 1150. The lowest BCUT2D eigenvalue weighted by molar-refractivity contribution is -0.122. The molecule has 6 heteroatoms. The molecule has 0 atom stereocenters. The zero-order valence-electron chi connectivity index (χ0n) is 17.4. The summed E-state index contributed by atoms with van der Waals surface area (Å²) in [6.07, 6.45) is 3.74. The van der Waals surface area contributed by atoms with Crippen LogP contribution in [0.25, 0.3) is 10.9 Å². The lowest BCUT2D eigenvalue weighted by Crippen LogP contribution is -2.38. The molecule has 3 N–H and O–H groups in total. The minimum absolute atomic E-state index is 0.0676. The minimum atomic E-state index is -0.225. The second kappa shape index (κ2) is 8.02. The normalized spacial score (nSPS) is 17.0. The number of anilines is 2. The highest BCUT2D eigenvalue weighted by molar-refractivity contribution is 6.13. The van der Waals surface area contributed by atoms with Crippen molar-refractivity contribution in [2.24, 2.45) is 11.7 Å². The maximum atomic E-state index is 13.4. The Hall–Kier alpha value is -3.41. The molecule has 0 unspecified atom stereocenters. The Balaban J connectivity index is 1.43. The molecule has 1 aliphatic carbocycles. The van der Waals surface area contributed by atoms with Gasteiger partial charge in [-0.15, -0.1) is 0 Å². The quantitative estimate of drug-likeness (QED) is 0.659. The maximum absolute atomic E-state index is 13.4. The van der Waals surface area contributed by atoms with Gasteiger partial charge in [-0.3, -0.25) is 14.6 Å². The van der Waals surface area contributed by atoms with Gasteiger partial charge in [0.25, 0.3) is 5.91 Å². The van der Waals surface area contributed by atoms with Crippen LogP contribution in [0.3, 0.4) is 0 Å². The number of carbonyl (C=O) groups excluding carboxylic acids is 2. The van der Waals surface area contributed by atoms with Crippen LogP contribution in [0.15, 0.2) is 54.6 Å². The van der Waals surface area contributed by atoms with Crippen LogP contribution in [0.4, 0.5) is 11.4 Å². The predicted octanol–water partition coefficient (Wildman–Crippen LogP) is 4.07. The summed E-state index contributed by atoms with van der Waals surface area (Å²) < 4.78 is 0. The van der Waals surface area contributed by atoms with Gasteiger partial charge in [0, 0.05) is 36.0 Å². The van der Waals surface area contributed by atoms with Crippen LogP contribution in [0.2, 0.25) is 0 Å². The van der Waals surface area contributed by atoms with Crippen molar-refractivity contribution in [2.45, 2.75) is 31.6 Å². The Kier molecular flexibility index (Phi) is 5.06. The SMILES string of the molecule is NC(=O)C1CCN(c2ccccc2NC(=O)c2cc(C3CC3)nc3ccccc23)CC1. The third-order valence-electron chi connectivity index (χ3n) is 6.37. The number of amides is 2. The summed E-state index contributed by atoms with van der Waals surface area (Å²) in [5.74, 6) is 0.0502. The fraction of sp³-hybridized carbons (Fsp3) is 0.320. The van der Waals surface area contributed by atoms with E-state index in [1.807, 2.05) is 54.6 Å². The number of nitrogens with two attached hydrogens (primary N) is 1. The van der Waals surface area contributed by atoms with E-state index in [2.05, 4.69) is 10.2 Å². The summed E-state index contributed by atoms with van der Waals surface area (Å²) in [5.41, 5.74) is 9.75. The van der Waals surface area contributed by atoms with E-state index in [0.717, 1.165) is 66.7 Å². The molecule has 0 bridgehead atoms. The molecule has 1 aromatic heterocycles. The van der Waals surface area contributed by atoms with Crippen LogP contribution in [-0.4, -0.2) is 29.9 Å². The first-order chi connectivity index (χ1) is 15.1. The lowest BCUT2D eigenvalue weighted by Gasteiger charge is -2.33. The standard InChI is InChI=1S/C25H26N4O2/c26-24(30)17-11-13-29(14-12-17)23-8-4-3-7-21(23)28-25(31)19-15-22(16-9-10-16)27-20-6-2-1-5-18(19)20/h1-8,15-17H,9-14H2,(H2,26,30)(H,28,31). The van der Waals surface area contributed by atoms with Crippen molar-refractivity contribution in [1.82, 2.24) is 4.98 Å². The van der Waals surface area contributed by atoms with Gasteiger partial charge in [0.15, 0.2) is 0 Å². The first-order valence-electron chi connectivity index (χ1n) is 10.9. The third kappa shape index (κ3) is 3.98. The summed E-state index contributed by atoms with van der Waals surface area (Å²) in [6.45, 7) is 1.48. The van der Waals surface area contributed by atoms with Crippen LogP contribution in [-0.2, 0) is 4.79 Å². The van der Waals surface area contributed by atoms with Crippen molar-refractivity contribution in [1.29, 1.82) is 0 Å². The minimum Gasteiger partial charge on any atom is -0.370 e. The smallest absolute Gasteiger partial charge is 0.256 e. The first-order valence-corrected chi connectivity index (χ1v) is 10.9. The number of benzene rings is 2. The number of carbonyl (C=O) groups is 2. The second-order valence-corrected chi connectivity index (χ2v) is 8.52. The Morgan fingerprint density at radius 3 is 2.42 bits per heavy atom. The van der Waals surface area contributed by atoms with Crippen LogP contribution >= 0.6 is 0 Å². The molecule has 5 rings (SSSR count). The van der Waals surface area contributed by atoms with Crippen LogP contribution in [0, 0.1) is 5.92 Å². The van der Waals surface area contributed by atoms with Crippen molar-refractivity contribution in [3.8, 4) is 0 Å². The number of primary amides is 1. The molecule has 31 heavy (non-hydrogen) atoms. The van der Waals surface area contributed by atoms with Crippen molar-refractivity contribution in [3.05, 3.63) is 65.9 Å². The molecule has 2 fully saturated rings.